The predicted molar refractivity (Wildman–Crippen MR) is 102 cm³/mol. The zero-order chi connectivity index (χ0) is 18.5. The SMILES string of the molecule is COc1ccc(CN(C(=O)Cc2cccc(OC)c2)C(C)C2CC2)cc1. The highest BCUT2D eigenvalue weighted by Gasteiger charge is 2.34. The maximum absolute atomic E-state index is 13.1. The highest BCUT2D eigenvalue weighted by Crippen LogP contribution is 2.36. The number of hydrogen-bond acceptors (Lipinski definition) is 3. The van der Waals surface area contributed by atoms with Crippen LogP contribution in [0.2, 0.25) is 0 Å². The minimum atomic E-state index is 0.161. The van der Waals surface area contributed by atoms with E-state index in [4.69, 9.17) is 9.47 Å². The van der Waals surface area contributed by atoms with Gasteiger partial charge in [-0.2, -0.15) is 0 Å². The Bertz CT molecular complexity index is 737. The van der Waals surface area contributed by atoms with Gasteiger partial charge in [-0.1, -0.05) is 24.3 Å². The first kappa shape index (κ1) is 18.3. The van der Waals surface area contributed by atoms with Crippen LogP contribution in [0.4, 0.5) is 0 Å². The second kappa shape index (κ2) is 8.26. The largest absolute Gasteiger partial charge is 0.497 e. The topological polar surface area (TPSA) is 38.8 Å². The van der Waals surface area contributed by atoms with Crippen molar-refractivity contribution in [2.45, 2.75) is 38.8 Å². The summed E-state index contributed by atoms with van der Waals surface area (Å²) in [6, 6.07) is 16.0. The van der Waals surface area contributed by atoms with E-state index < -0.39 is 0 Å². The highest BCUT2D eigenvalue weighted by molar-refractivity contribution is 5.79. The van der Waals surface area contributed by atoms with Crippen molar-refractivity contribution in [2.75, 3.05) is 14.2 Å². The van der Waals surface area contributed by atoms with Crippen LogP contribution in [0.5, 0.6) is 11.5 Å². The molecule has 138 valence electrons. The molecule has 0 aromatic heterocycles. The zero-order valence-corrected chi connectivity index (χ0v) is 15.8. The van der Waals surface area contributed by atoms with Gasteiger partial charge in [0.1, 0.15) is 11.5 Å². The summed E-state index contributed by atoms with van der Waals surface area (Å²) in [5, 5.41) is 0. The summed E-state index contributed by atoms with van der Waals surface area (Å²) in [5.41, 5.74) is 2.11. The fourth-order valence-electron chi connectivity index (χ4n) is 3.28. The summed E-state index contributed by atoms with van der Waals surface area (Å²) < 4.78 is 10.5. The van der Waals surface area contributed by atoms with Crippen LogP contribution in [-0.2, 0) is 17.8 Å². The molecule has 0 heterocycles. The van der Waals surface area contributed by atoms with E-state index in [9.17, 15) is 4.79 Å². The van der Waals surface area contributed by atoms with Crippen molar-refractivity contribution < 1.29 is 14.3 Å². The molecule has 1 atom stereocenters. The molecule has 1 aliphatic rings. The van der Waals surface area contributed by atoms with Crippen LogP contribution >= 0.6 is 0 Å². The molecule has 2 aromatic rings. The van der Waals surface area contributed by atoms with Crippen molar-refractivity contribution in [3.8, 4) is 11.5 Å². The third kappa shape index (κ3) is 4.57. The summed E-state index contributed by atoms with van der Waals surface area (Å²) >= 11 is 0. The van der Waals surface area contributed by atoms with Gasteiger partial charge in [-0.3, -0.25) is 4.79 Å². The van der Waals surface area contributed by atoms with Crippen LogP contribution in [0.25, 0.3) is 0 Å². The Morgan fingerprint density at radius 2 is 1.73 bits per heavy atom. The van der Waals surface area contributed by atoms with E-state index in [2.05, 4.69) is 6.92 Å². The average molecular weight is 353 g/mol. The van der Waals surface area contributed by atoms with E-state index in [1.165, 1.54) is 12.8 Å². The van der Waals surface area contributed by atoms with E-state index in [0.29, 0.717) is 18.9 Å². The molecule has 0 N–H and O–H groups in total. The molecule has 1 aliphatic carbocycles. The van der Waals surface area contributed by atoms with Crippen LogP contribution in [0.15, 0.2) is 48.5 Å². The third-order valence-corrected chi connectivity index (χ3v) is 5.12. The van der Waals surface area contributed by atoms with E-state index in [1.807, 2.05) is 53.4 Å². The zero-order valence-electron chi connectivity index (χ0n) is 15.8. The molecular weight excluding hydrogens is 326 g/mol. The summed E-state index contributed by atoms with van der Waals surface area (Å²) in [7, 11) is 3.31. The first-order valence-corrected chi connectivity index (χ1v) is 9.16. The highest BCUT2D eigenvalue weighted by atomic mass is 16.5. The molecule has 1 unspecified atom stereocenters. The number of nitrogens with zero attached hydrogens (tertiary/aromatic N) is 1. The van der Waals surface area contributed by atoms with E-state index in [-0.39, 0.29) is 11.9 Å². The molecule has 0 aliphatic heterocycles. The van der Waals surface area contributed by atoms with Crippen LogP contribution in [-0.4, -0.2) is 31.1 Å². The Hall–Kier alpha value is -2.49. The lowest BCUT2D eigenvalue weighted by Crippen LogP contribution is -2.40. The lowest BCUT2D eigenvalue weighted by molar-refractivity contribution is -0.133. The molecule has 0 radical (unpaired) electrons. The second-order valence-electron chi connectivity index (χ2n) is 6.98. The van der Waals surface area contributed by atoms with Crippen LogP contribution in [0.1, 0.15) is 30.9 Å². The van der Waals surface area contributed by atoms with Gasteiger partial charge in [-0.25, -0.2) is 0 Å². The average Bonchev–Trinajstić information content (AvgIpc) is 3.51. The third-order valence-electron chi connectivity index (χ3n) is 5.12. The van der Waals surface area contributed by atoms with Crippen LogP contribution in [0.3, 0.4) is 0 Å². The van der Waals surface area contributed by atoms with Crippen molar-refractivity contribution in [2.24, 2.45) is 5.92 Å². The molecule has 0 saturated heterocycles. The summed E-state index contributed by atoms with van der Waals surface area (Å²) in [5.74, 6) is 2.40. The minimum Gasteiger partial charge on any atom is -0.497 e. The number of carbonyl (C=O) groups excluding carboxylic acids is 1. The molecule has 3 rings (SSSR count). The van der Waals surface area contributed by atoms with E-state index in [0.717, 1.165) is 22.6 Å². The Morgan fingerprint density at radius 1 is 1.04 bits per heavy atom. The van der Waals surface area contributed by atoms with Gasteiger partial charge >= 0.3 is 0 Å². The Morgan fingerprint density at radius 3 is 2.35 bits per heavy atom. The molecule has 1 fully saturated rings. The molecule has 0 bridgehead atoms. The lowest BCUT2D eigenvalue weighted by Gasteiger charge is -2.30. The maximum Gasteiger partial charge on any atom is 0.227 e. The van der Waals surface area contributed by atoms with Crippen molar-refractivity contribution >= 4 is 5.91 Å². The van der Waals surface area contributed by atoms with Gasteiger partial charge in [0, 0.05) is 12.6 Å². The first-order chi connectivity index (χ1) is 12.6. The van der Waals surface area contributed by atoms with Gasteiger partial charge in [0.2, 0.25) is 5.91 Å². The fraction of sp³-hybridized carbons (Fsp3) is 0.409. The number of methoxy groups -OCH3 is 2. The van der Waals surface area contributed by atoms with Crippen LogP contribution < -0.4 is 9.47 Å². The van der Waals surface area contributed by atoms with Gasteiger partial charge < -0.3 is 14.4 Å². The molecule has 26 heavy (non-hydrogen) atoms. The van der Waals surface area contributed by atoms with Gasteiger partial charge in [-0.05, 0) is 61.1 Å². The first-order valence-electron chi connectivity index (χ1n) is 9.16. The molecular formula is C22H27NO3. The summed E-state index contributed by atoms with van der Waals surface area (Å²) in [6.07, 6.45) is 2.82. The predicted octanol–water partition coefficient (Wildman–Crippen LogP) is 4.07. The standard InChI is InChI=1S/C22H27NO3/c1-16(19-9-10-19)23(15-17-7-11-20(25-2)12-8-17)22(24)14-18-5-4-6-21(13-18)26-3/h4-8,11-13,16,19H,9-10,14-15H2,1-3H3. The van der Waals surface area contributed by atoms with Crippen molar-refractivity contribution in [1.82, 2.24) is 4.90 Å². The lowest BCUT2D eigenvalue weighted by atomic mass is 10.1. The molecule has 1 saturated carbocycles. The second-order valence-corrected chi connectivity index (χ2v) is 6.98. The molecule has 1 amide bonds. The number of benzene rings is 2. The van der Waals surface area contributed by atoms with Gasteiger partial charge in [0.15, 0.2) is 0 Å². The maximum atomic E-state index is 13.1. The number of ether oxygens (including phenoxy) is 2. The number of amides is 1. The van der Waals surface area contributed by atoms with Crippen molar-refractivity contribution in [1.29, 1.82) is 0 Å². The minimum absolute atomic E-state index is 0.161. The van der Waals surface area contributed by atoms with E-state index in [1.54, 1.807) is 14.2 Å². The van der Waals surface area contributed by atoms with Gasteiger partial charge in [0.25, 0.3) is 0 Å². The monoisotopic (exact) mass is 353 g/mol. The van der Waals surface area contributed by atoms with Crippen LogP contribution in [0, 0.1) is 5.92 Å². The number of carbonyl (C=O) groups is 1. The van der Waals surface area contributed by atoms with E-state index >= 15 is 0 Å². The quantitative estimate of drug-likeness (QED) is 0.718. The van der Waals surface area contributed by atoms with Crippen molar-refractivity contribution in [3.05, 3.63) is 59.7 Å². The van der Waals surface area contributed by atoms with Gasteiger partial charge in [0.05, 0.1) is 20.6 Å². The Kier molecular flexibility index (Phi) is 5.82. The molecule has 4 heteroatoms. The smallest absolute Gasteiger partial charge is 0.227 e. The normalized spacial score (nSPS) is 14.6. The number of rotatable bonds is 8. The summed E-state index contributed by atoms with van der Waals surface area (Å²) in [6.45, 7) is 2.80. The fourth-order valence-corrected chi connectivity index (χ4v) is 3.28. The Balaban J connectivity index is 1.74. The molecule has 4 nitrogen and oxygen atoms in total. The summed E-state index contributed by atoms with van der Waals surface area (Å²) in [4.78, 5) is 15.1. The van der Waals surface area contributed by atoms with Gasteiger partial charge in [-0.15, -0.1) is 0 Å². The molecule has 0 spiro atoms. The Labute approximate surface area is 155 Å². The van der Waals surface area contributed by atoms with Crippen molar-refractivity contribution in [3.63, 3.8) is 0 Å². The molecule has 2 aromatic carbocycles. The number of hydrogen-bond donors (Lipinski definition) is 0.